The first-order valence-electron chi connectivity index (χ1n) is 19.5. The van der Waals surface area contributed by atoms with Crippen LogP contribution in [0.1, 0.15) is 0 Å². The normalized spacial score (nSPS) is 11.9. The van der Waals surface area contributed by atoms with Gasteiger partial charge in [-0.05, 0) is 100 Å². The maximum absolute atomic E-state index is 6.72. The van der Waals surface area contributed by atoms with E-state index in [1.54, 1.807) is 0 Å². The van der Waals surface area contributed by atoms with Crippen LogP contribution in [0, 0.1) is 0 Å². The molecule has 0 N–H and O–H groups in total. The molecule has 0 saturated carbocycles. The van der Waals surface area contributed by atoms with Gasteiger partial charge in [0.15, 0.2) is 5.58 Å². The van der Waals surface area contributed by atoms with Gasteiger partial charge in [0.1, 0.15) is 5.58 Å². The van der Waals surface area contributed by atoms with E-state index in [0.29, 0.717) is 0 Å². The Morgan fingerprint density at radius 2 is 0.912 bits per heavy atom. The second-order valence-corrected chi connectivity index (χ2v) is 14.9. The minimum Gasteiger partial charge on any atom is -0.454 e. The summed E-state index contributed by atoms with van der Waals surface area (Å²) in [6.45, 7) is 0. The first kappa shape index (κ1) is 31.7. The minimum atomic E-state index is 0.883. The molecule has 0 spiro atoms. The predicted molar refractivity (Wildman–Crippen MR) is 239 cm³/mol. The molecule has 0 radical (unpaired) electrons. The highest BCUT2D eigenvalue weighted by atomic mass is 16.3. The molecule has 0 saturated heterocycles. The number of fused-ring (bicyclic) bond motifs is 9. The van der Waals surface area contributed by atoms with Gasteiger partial charge in [-0.3, -0.25) is 0 Å². The number of hydrogen-bond donors (Lipinski definition) is 0. The fourth-order valence-corrected chi connectivity index (χ4v) is 9.15. The standard InChI is InChI=1S/C54H34N2O/c1-4-15-35(16-5-1)39-33-44(36-17-6-2-7-18-36)53-46-32-38(37-27-29-48-45(31-37)41-21-10-12-24-47(41)55(48)40-19-8-3-9-20-40)28-30-49(46)56(51(53)34-39)50-25-14-23-43-42-22-11-13-26-52(42)57-54(43)50/h1-34H. The molecular weight excluding hydrogens is 693 g/mol. The number of rotatable bonds is 5. The number of nitrogens with zero attached hydrogens (tertiary/aromatic N) is 2. The largest absolute Gasteiger partial charge is 0.454 e. The van der Waals surface area contributed by atoms with Crippen molar-refractivity contribution in [3.63, 3.8) is 0 Å². The van der Waals surface area contributed by atoms with Crippen molar-refractivity contribution in [3.8, 4) is 44.8 Å². The van der Waals surface area contributed by atoms with E-state index in [0.717, 1.165) is 44.3 Å². The smallest absolute Gasteiger partial charge is 0.159 e. The van der Waals surface area contributed by atoms with Crippen LogP contribution in [0.4, 0.5) is 0 Å². The molecule has 12 rings (SSSR count). The van der Waals surface area contributed by atoms with E-state index in [9.17, 15) is 0 Å². The SMILES string of the molecule is c1ccc(-c2cc(-c3ccccc3)c3c4cc(-c5ccc6c(c5)c5ccccc5n6-c5ccccc5)ccc4n(-c4cccc5c4oc4ccccc45)c3c2)cc1. The van der Waals surface area contributed by atoms with Gasteiger partial charge in [0, 0.05) is 38.0 Å². The molecule has 3 heterocycles. The molecule has 0 atom stereocenters. The Labute approximate surface area is 328 Å². The summed E-state index contributed by atoms with van der Waals surface area (Å²) in [4.78, 5) is 0. The van der Waals surface area contributed by atoms with Crippen molar-refractivity contribution in [2.24, 2.45) is 0 Å². The van der Waals surface area contributed by atoms with Crippen LogP contribution in [0.25, 0.3) is 110 Å². The highest BCUT2D eigenvalue weighted by molar-refractivity contribution is 6.19. The molecule has 9 aromatic carbocycles. The van der Waals surface area contributed by atoms with Gasteiger partial charge in [0.05, 0.1) is 27.8 Å². The third-order valence-corrected chi connectivity index (χ3v) is 11.7. The van der Waals surface area contributed by atoms with E-state index in [1.165, 1.54) is 66.0 Å². The second-order valence-electron chi connectivity index (χ2n) is 14.9. The van der Waals surface area contributed by atoms with Gasteiger partial charge < -0.3 is 13.6 Å². The van der Waals surface area contributed by atoms with Gasteiger partial charge >= 0.3 is 0 Å². The number of hydrogen-bond acceptors (Lipinski definition) is 1. The van der Waals surface area contributed by atoms with Crippen LogP contribution in [-0.4, -0.2) is 9.13 Å². The molecule has 0 unspecified atom stereocenters. The third-order valence-electron chi connectivity index (χ3n) is 11.7. The molecule has 0 fully saturated rings. The zero-order valence-electron chi connectivity index (χ0n) is 30.9. The molecule has 0 aliphatic rings. The zero-order valence-corrected chi connectivity index (χ0v) is 30.9. The van der Waals surface area contributed by atoms with Crippen molar-refractivity contribution in [1.29, 1.82) is 0 Å². The van der Waals surface area contributed by atoms with Crippen molar-refractivity contribution in [1.82, 2.24) is 9.13 Å². The number of para-hydroxylation sites is 4. The van der Waals surface area contributed by atoms with Crippen LogP contribution in [0.15, 0.2) is 211 Å². The summed E-state index contributed by atoms with van der Waals surface area (Å²) in [7, 11) is 0. The second kappa shape index (κ2) is 12.5. The van der Waals surface area contributed by atoms with E-state index in [4.69, 9.17) is 4.42 Å². The van der Waals surface area contributed by atoms with Crippen LogP contribution in [0.5, 0.6) is 0 Å². The lowest BCUT2D eigenvalue weighted by molar-refractivity contribution is 0.666. The molecule has 0 amide bonds. The topological polar surface area (TPSA) is 23.0 Å². The van der Waals surface area contributed by atoms with Crippen LogP contribution in [0.3, 0.4) is 0 Å². The Morgan fingerprint density at radius 3 is 1.68 bits per heavy atom. The Bertz CT molecular complexity index is 3500. The van der Waals surface area contributed by atoms with Crippen molar-refractivity contribution in [2.75, 3.05) is 0 Å². The maximum Gasteiger partial charge on any atom is 0.159 e. The number of benzene rings is 9. The van der Waals surface area contributed by atoms with Gasteiger partial charge in [0.2, 0.25) is 0 Å². The molecule has 57 heavy (non-hydrogen) atoms. The molecule has 12 aromatic rings. The summed E-state index contributed by atoms with van der Waals surface area (Å²) >= 11 is 0. The lowest BCUT2D eigenvalue weighted by Gasteiger charge is -2.12. The summed E-state index contributed by atoms with van der Waals surface area (Å²) in [6, 6.07) is 74.5. The molecule has 0 aliphatic heterocycles. The monoisotopic (exact) mass is 726 g/mol. The first-order chi connectivity index (χ1) is 28.3. The van der Waals surface area contributed by atoms with Gasteiger partial charge in [0.25, 0.3) is 0 Å². The molecule has 3 heteroatoms. The van der Waals surface area contributed by atoms with Gasteiger partial charge in [-0.1, -0.05) is 140 Å². The highest BCUT2D eigenvalue weighted by Crippen LogP contribution is 2.45. The van der Waals surface area contributed by atoms with E-state index >= 15 is 0 Å². The molecule has 266 valence electrons. The van der Waals surface area contributed by atoms with Gasteiger partial charge in [-0.25, -0.2) is 0 Å². The van der Waals surface area contributed by atoms with Gasteiger partial charge in [-0.2, -0.15) is 0 Å². The van der Waals surface area contributed by atoms with Gasteiger partial charge in [-0.15, -0.1) is 0 Å². The average Bonchev–Trinajstić information content (AvgIpc) is 3.94. The lowest BCUT2D eigenvalue weighted by atomic mass is 9.93. The van der Waals surface area contributed by atoms with E-state index in [2.05, 4.69) is 209 Å². The third kappa shape index (κ3) is 4.86. The van der Waals surface area contributed by atoms with Crippen molar-refractivity contribution in [2.45, 2.75) is 0 Å². The van der Waals surface area contributed by atoms with Crippen molar-refractivity contribution in [3.05, 3.63) is 206 Å². The summed E-state index contributed by atoms with van der Waals surface area (Å²) in [5, 5.41) is 7.13. The zero-order chi connectivity index (χ0) is 37.5. The molecule has 3 aromatic heterocycles. The van der Waals surface area contributed by atoms with Crippen LogP contribution < -0.4 is 0 Å². The minimum absolute atomic E-state index is 0.883. The van der Waals surface area contributed by atoms with Crippen LogP contribution >= 0.6 is 0 Å². The van der Waals surface area contributed by atoms with Crippen molar-refractivity contribution >= 4 is 65.6 Å². The van der Waals surface area contributed by atoms with E-state index in [1.807, 2.05) is 6.07 Å². The molecule has 0 bridgehead atoms. The Hall–Kier alpha value is -7.62. The quantitative estimate of drug-likeness (QED) is 0.173. The molecule has 3 nitrogen and oxygen atoms in total. The summed E-state index contributed by atoms with van der Waals surface area (Å²) in [6.07, 6.45) is 0. The van der Waals surface area contributed by atoms with Crippen LogP contribution in [0.2, 0.25) is 0 Å². The Morgan fingerprint density at radius 1 is 0.316 bits per heavy atom. The Balaban J connectivity index is 1.17. The number of aromatic nitrogens is 2. The van der Waals surface area contributed by atoms with E-state index < -0.39 is 0 Å². The Kier molecular flexibility index (Phi) is 6.93. The molecular formula is C54H34N2O. The average molecular weight is 727 g/mol. The highest BCUT2D eigenvalue weighted by Gasteiger charge is 2.22. The summed E-state index contributed by atoms with van der Waals surface area (Å²) in [5.41, 5.74) is 15.7. The van der Waals surface area contributed by atoms with Crippen molar-refractivity contribution < 1.29 is 4.42 Å². The maximum atomic E-state index is 6.72. The lowest BCUT2D eigenvalue weighted by Crippen LogP contribution is -1.95. The summed E-state index contributed by atoms with van der Waals surface area (Å²) < 4.78 is 11.5. The summed E-state index contributed by atoms with van der Waals surface area (Å²) in [5.74, 6) is 0. The fourth-order valence-electron chi connectivity index (χ4n) is 9.15. The number of furan rings is 1. The fraction of sp³-hybridized carbons (Fsp3) is 0. The molecule has 0 aliphatic carbocycles. The van der Waals surface area contributed by atoms with E-state index in [-0.39, 0.29) is 0 Å². The first-order valence-corrected chi connectivity index (χ1v) is 19.5. The predicted octanol–water partition coefficient (Wildman–Crippen LogP) is 14.8. The van der Waals surface area contributed by atoms with Crippen LogP contribution in [-0.2, 0) is 0 Å².